The van der Waals surface area contributed by atoms with Gasteiger partial charge in [-0.05, 0) is 92.1 Å². The first kappa shape index (κ1) is 27.7. The Bertz CT molecular complexity index is 1410. The van der Waals surface area contributed by atoms with Gasteiger partial charge >= 0.3 is 0 Å². The van der Waals surface area contributed by atoms with E-state index in [0.717, 1.165) is 60.4 Å². The van der Waals surface area contributed by atoms with Gasteiger partial charge in [-0.15, -0.1) is 0 Å². The highest BCUT2D eigenvalue weighted by Gasteiger charge is 2.31. The lowest BCUT2D eigenvalue weighted by Crippen LogP contribution is -2.56. The van der Waals surface area contributed by atoms with Crippen LogP contribution in [0.3, 0.4) is 0 Å². The third-order valence-corrected chi connectivity index (χ3v) is 8.52. The lowest BCUT2D eigenvalue weighted by Gasteiger charge is -2.42. The molecule has 6 nitrogen and oxygen atoms in total. The van der Waals surface area contributed by atoms with Crippen LogP contribution in [0.15, 0.2) is 60.7 Å². The van der Waals surface area contributed by atoms with Gasteiger partial charge in [0.1, 0.15) is 11.9 Å². The number of para-hydroxylation sites is 1. The summed E-state index contributed by atoms with van der Waals surface area (Å²) >= 11 is 0. The summed E-state index contributed by atoms with van der Waals surface area (Å²) in [6.07, 6.45) is 3.00. The minimum atomic E-state index is -0.312. The van der Waals surface area contributed by atoms with Gasteiger partial charge in [0.2, 0.25) is 0 Å². The van der Waals surface area contributed by atoms with Crippen molar-refractivity contribution in [3.8, 4) is 6.07 Å². The molecule has 2 aliphatic rings. The standard InChI is InChI=1S/C33H37FN4O2/c1-23-16-24(2)31(33(40)37-14-15-38(30(21-37)22-39)29-8-5-7-28(34)19-29)18-27(23)17-25-10-12-36(13-11-25)32-9-4-3-6-26(32)20-35/h3-9,16,18-19,25,30,39H,10-15,17,21-22H2,1-2H3. The number of rotatable bonds is 6. The van der Waals surface area contributed by atoms with Crippen LogP contribution in [0, 0.1) is 36.9 Å². The van der Waals surface area contributed by atoms with Gasteiger partial charge in [0.25, 0.3) is 5.91 Å². The van der Waals surface area contributed by atoms with Crippen LogP contribution in [-0.4, -0.2) is 61.3 Å². The van der Waals surface area contributed by atoms with Crippen molar-refractivity contribution in [1.29, 1.82) is 5.26 Å². The van der Waals surface area contributed by atoms with Crippen LogP contribution in [0.5, 0.6) is 0 Å². The third kappa shape index (κ3) is 5.83. The van der Waals surface area contributed by atoms with E-state index >= 15 is 0 Å². The number of halogens is 1. The molecule has 0 radical (unpaired) electrons. The molecule has 40 heavy (non-hydrogen) atoms. The Kier molecular flexibility index (Phi) is 8.37. The zero-order chi connectivity index (χ0) is 28.2. The zero-order valence-electron chi connectivity index (χ0n) is 23.3. The normalized spacial score (nSPS) is 18.1. The molecule has 2 saturated heterocycles. The highest BCUT2D eigenvalue weighted by molar-refractivity contribution is 5.96. The molecule has 208 valence electrons. The maximum Gasteiger partial charge on any atom is 0.254 e. The molecule has 0 aliphatic carbocycles. The summed E-state index contributed by atoms with van der Waals surface area (Å²) in [5.41, 5.74) is 6.55. The predicted octanol–water partition coefficient (Wildman–Crippen LogP) is 5.10. The van der Waals surface area contributed by atoms with E-state index in [9.17, 15) is 19.6 Å². The summed E-state index contributed by atoms with van der Waals surface area (Å²) < 4.78 is 13.8. The summed E-state index contributed by atoms with van der Waals surface area (Å²) in [5.74, 6) is 0.190. The van der Waals surface area contributed by atoms with Crippen LogP contribution in [0.2, 0.25) is 0 Å². The molecule has 0 saturated carbocycles. The topological polar surface area (TPSA) is 70.8 Å². The van der Waals surface area contributed by atoms with E-state index in [0.29, 0.717) is 25.6 Å². The molecule has 1 unspecified atom stereocenters. The molecule has 2 fully saturated rings. The number of aliphatic hydroxyl groups excluding tert-OH is 1. The number of carbonyl (C=O) groups is 1. The molecule has 1 amide bonds. The number of carbonyl (C=O) groups excluding carboxylic acids is 1. The Morgan fingerprint density at radius 1 is 1.00 bits per heavy atom. The molecule has 2 aliphatic heterocycles. The molecule has 5 rings (SSSR count). The lowest BCUT2D eigenvalue weighted by molar-refractivity contribution is 0.0698. The number of hydrogen-bond donors (Lipinski definition) is 1. The first-order valence-corrected chi connectivity index (χ1v) is 14.1. The van der Waals surface area contributed by atoms with Crippen LogP contribution < -0.4 is 9.80 Å². The van der Waals surface area contributed by atoms with Crippen molar-refractivity contribution in [2.45, 2.75) is 39.2 Å². The average Bonchev–Trinajstić information content (AvgIpc) is 2.98. The fourth-order valence-electron chi connectivity index (χ4n) is 6.24. The van der Waals surface area contributed by atoms with Gasteiger partial charge in [0.15, 0.2) is 0 Å². The Labute approximate surface area is 236 Å². The molecule has 0 aromatic heterocycles. The van der Waals surface area contributed by atoms with Crippen molar-refractivity contribution >= 4 is 17.3 Å². The fourth-order valence-corrected chi connectivity index (χ4v) is 6.24. The molecule has 3 aromatic carbocycles. The molecular formula is C33H37FN4O2. The minimum Gasteiger partial charge on any atom is -0.394 e. The molecule has 1 N–H and O–H groups in total. The van der Waals surface area contributed by atoms with Gasteiger partial charge in [-0.3, -0.25) is 4.79 Å². The molecular weight excluding hydrogens is 503 g/mol. The average molecular weight is 541 g/mol. The van der Waals surface area contributed by atoms with Crippen LogP contribution in [0.1, 0.15) is 45.5 Å². The highest BCUT2D eigenvalue weighted by Crippen LogP contribution is 2.30. The number of nitrogens with zero attached hydrogens (tertiary/aromatic N) is 4. The van der Waals surface area contributed by atoms with Crippen molar-refractivity contribution < 1.29 is 14.3 Å². The van der Waals surface area contributed by atoms with Crippen LogP contribution in [-0.2, 0) is 6.42 Å². The van der Waals surface area contributed by atoms with E-state index in [1.165, 1.54) is 23.3 Å². The molecule has 7 heteroatoms. The maximum absolute atomic E-state index is 13.8. The Balaban J connectivity index is 1.26. The van der Waals surface area contributed by atoms with E-state index in [1.54, 1.807) is 6.07 Å². The first-order valence-electron chi connectivity index (χ1n) is 14.1. The third-order valence-electron chi connectivity index (χ3n) is 8.52. The Hall–Kier alpha value is -3.89. The number of piperazine rings is 1. The lowest BCUT2D eigenvalue weighted by atomic mass is 9.86. The number of aliphatic hydroxyl groups is 1. The van der Waals surface area contributed by atoms with E-state index in [-0.39, 0.29) is 24.4 Å². The van der Waals surface area contributed by atoms with Gasteiger partial charge < -0.3 is 19.8 Å². The first-order chi connectivity index (χ1) is 19.4. The molecule has 0 spiro atoms. The SMILES string of the molecule is Cc1cc(C)c(C(=O)N2CCN(c3cccc(F)c3)C(CO)C2)cc1CC1CCN(c2ccccc2C#N)CC1. The number of hydrogen-bond acceptors (Lipinski definition) is 5. The minimum absolute atomic E-state index is 0.0148. The quantitative estimate of drug-likeness (QED) is 0.471. The van der Waals surface area contributed by atoms with Crippen LogP contribution >= 0.6 is 0 Å². The monoisotopic (exact) mass is 540 g/mol. The number of anilines is 2. The van der Waals surface area contributed by atoms with Gasteiger partial charge in [-0.1, -0.05) is 24.3 Å². The second-order valence-corrected chi connectivity index (χ2v) is 11.1. The van der Waals surface area contributed by atoms with Gasteiger partial charge in [0.05, 0.1) is 23.9 Å². The zero-order valence-corrected chi connectivity index (χ0v) is 23.3. The molecule has 1 atom stereocenters. The number of nitriles is 1. The largest absolute Gasteiger partial charge is 0.394 e. The summed E-state index contributed by atoms with van der Waals surface area (Å²) in [5, 5.41) is 19.6. The van der Waals surface area contributed by atoms with Crippen molar-refractivity contribution in [2.24, 2.45) is 5.92 Å². The maximum atomic E-state index is 13.8. The van der Waals surface area contributed by atoms with Crippen molar-refractivity contribution in [3.63, 3.8) is 0 Å². The van der Waals surface area contributed by atoms with Crippen molar-refractivity contribution in [1.82, 2.24) is 4.90 Å². The van der Waals surface area contributed by atoms with Crippen molar-refractivity contribution in [3.05, 3.63) is 94.3 Å². The van der Waals surface area contributed by atoms with E-state index in [1.807, 2.05) is 47.1 Å². The summed E-state index contributed by atoms with van der Waals surface area (Å²) in [6, 6.07) is 20.4. The second-order valence-electron chi connectivity index (χ2n) is 11.1. The molecule has 0 bridgehead atoms. The van der Waals surface area contributed by atoms with E-state index in [2.05, 4.69) is 30.0 Å². The number of piperidine rings is 1. The summed E-state index contributed by atoms with van der Waals surface area (Å²) in [7, 11) is 0. The van der Waals surface area contributed by atoms with E-state index in [4.69, 9.17) is 0 Å². The summed E-state index contributed by atoms with van der Waals surface area (Å²) in [6.45, 7) is 7.25. The van der Waals surface area contributed by atoms with Gasteiger partial charge in [-0.25, -0.2) is 4.39 Å². The highest BCUT2D eigenvalue weighted by atomic mass is 19.1. The van der Waals surface area contributed by atoms with Gasteiger partial charge in [0, 0.05) is 44.0 Å². The van der Waals surface area contributed by atoms with Gasteiger partial charge in [-0.2, -0.15) is 5.26 Å². The van der Waals surface area contributed by atoms with Crippen LogP contribution in [0.4, 0.5) is 15.8 Å². The fraction of sp³-hybridized carbons (Fsp3) is 0.394. The summed E-state index contributed by atoms with van der Waals surface area (Å²) in [4.78, 5) is 19.9. The second kappa shape index (κ2) is 12.1. The predicted molar refractivity (Wildman–Crippen MR) is 156 cm³/mol. The van der Waals surface area contributed by atoms with Crippen LogP contribution in [0.25, 0.3) is 0 Å². The Morgan fingerprint density at radius 2 is 1.77 bits per heavy atom. The number of amides is 1. The number of aryl methyl sites for hydroxylation is 2. The molecule has 2 heterocycles. The van der Waals surface area contributed by atoms with E-state index < -0.39 is 0 Å². The smallest absolute Gasteiger partial charge is 0.254 e. The number of benzene rings is 3. The van der Waals surface area contributed by atoms with Crippen molar-refractivity contribution in [2.75, 3.05) is 49.1 Å². The Morgan fingerprint density at radius 3 is 2.50 bits per heavy atom. The molecule has 3 aromatic rings.